The summed E-state index contributed by atoms with van der Waals surface area (Å²) in [7, 11) is 0. The second-order valence-electron chi connectivity index (χ2n) is 9.17. The van der Waals surface area contributed by atoms with Crippen LogP contribution in [0.5, 0.6) is 23.0 Å². The zero-order chi connectivity index (χ0) is 26.6. The quantitative estimate of drug-likeness (QED) is 0.237. The molecule has 0 atom stereocenters. The standard InChI is InChI=1S/C14H14.C13H12O.C8H8O2.CH4/c1-12-7-5-6-10-14(12)11-13-8-3-2-4-9-13;1-11-7-9-13(10-8-11)14-12-5-3-2-4-6-12;1-6-2-3-7-8(4-6)10-5-9-7;/h2-10H,11H2,1H3;2-10H,1H3;2-4H,5H2,1H3;1H4. The van der Waals surface area contributed by atoms with Crippen LogP contribution in [-0.2, 0) is 6.42 Å². The summed E-state index contributed by atoms with van der Waals surface area (Å²) in [6.45, 7) is 6.62. The zero-order valence-electron chi connectivity index (χ0n) is 22.3. The molecule has 3 nitrogen and oxygen atoms in total. The van der Waals surface area contributed by atoms with Crippen LogP contribution in [-0.4, -0.2) is 6.79 Å². The second kappa shape index (κ2) is 15.0. The molecule has 0 aliphatic carbocycles. The largest absolute Gasteiger partial charge is 0.457 e. The summed E-state index contributed by atoms with van der Waals surface area (Å²) in [4.78, 5) is 0. The number of hydrogen-bond acceptors (Lipinski definition) is 3. The van der Waals surface area contributed by atoms with E-state index in [9.17, 15) is 0 Å². The molecule has 0 spiro atoms. The van der Waals surface area contributed by atoms with E-state index in [-0.39, 0.29) is 7.43 Å². The van der Waals surface area contributed by atoms with Crippen molar-refractivity contribution < 1.29 is 14.2 Å². The van der Waals surface area contributed by atoms with Crippen molar-refractivity contribution in [2.24, 2.45) is 0 Å². The number of rotatable bonds is 4. The van der Waals surface area contributed by atoms with Gasteiger partial charge in [-0.25, -0.2) is 0 Å². The number of benzene rings is 5. The van der Waals surface area contributed by atoms with Crippen molar-refractivity contribution in [3.8, 4) is 23.0 Å². The molecule has 6 rings (SSSR count). The van der Waals surface area contributed by atoms with Gasteiger partial charge in [-0.3, -0.25) is 0 Å². The van der Waals surface area contributed by atoms with Gasteiger partial charge in [-0.1, -0.05) is 104 Å². The van der Waals surface area contributed by atoms with Crippen LogP contribution in [0.4, 0.5) is 0 Å². The van der Waals surface area contributed by atoms with E-state index in [0.29, 0.717) is 6.79 Å². The molecular weight excluding hydrogens is 480 g/mol. The minimum atomic E-state index is 0. The Balaban J connectivity index is 0.000000162. The highest BCUT2D eigenvalue weighted by Gasteiger charge is 2.11. The van der Waals surface area contributed by atoms with Gasteiger partial charge in [0.1, 0.15) is 11.5 Å². The number of fused-ring (bicyclic) bond motifs is 1. The molecule has 0 saturated heterocycles. The summed E-state index contributed by atoms with van der Waals surface area (Å²) >= 11 is 0. The maximum atomic E-state index is 5.63. The molecular formula is C36H38O3. The summed E-state index contributed by atoms with van der Waals surface area (Å²) in [5.74, 6) is 3.46. The van der Waals surface area contributed by atoms with Crippen LogP contribution in [0.1, 0.15) is 35.2 Å². The topological polar surface area (TPSA) is 27.7 Å². The molecule has 5 aromatic carbocycles. The minimum absolute atomic E-state index is 0. The molecule has 0 saturated carbocycles. The average molecular weight is 519 g/mol. The van der Waals surface area contributed by atoms with Gasteiger partial charge in [0, 0.05) is 0 Å². The van der Waals surface area contributed by atoms with Gasteiger partial charge < -0.3 is 14.2 Å². The fourth-order valence-electron chi connectivity index (χ4n) is 3.86. The van der Waals surface area contributed by atoms with Crippen LogP contribution in [0.2, 0.25) is 0 Å². The van der Waals surface area contributed by atoms with Crippen molar-refractivity contribution in [3.05, 3.63) is 155 Å². The van der Waals surface area contributed by atoms with Gasteiger partial charge in [0.2, 0.25) is 6.79 Å². The van der Waals surface area contributed by atoms with Crippen LogP contribution >= 0.6 is 0 Å². The van der Waals surface area contributed by atoms with E-state index in [2.05, 4.69) is 68.4 Å². The molecule has 0 unspecified atom stereocenters. The lowest BCUT2D eigenvalue weighted by atomic mass is 10.0. The monoisotopic (exact) mass is 518 g/mol. The highest BCUT2D eigenvalue weighted by molar-refractivity contribution is 5.44. The SMILES string of the molecule is C.Cc1ccc(Oc2ccccc2)cc1.Cc1ccc2c(c1)OCO2.Cc1ccccc1Cc1ccccc1. The highest BCUT2D eigenvalue weighted by atomic mass is 16.7. The van der Waals surface area contributed by atoms with E-state index < -0.39 is 0 Å². The van der Waals surface area contributed by atoms with Gasteiger partial charge in [-0.2, -0.15) is 0 Å². The van der Waals surface area contributed by atoms with Crippen LogP contribution in [0, 0.1) is 20.8 Å². The molecule has 1 aliphatic heterocycles. The molecule has 3 heteroatoms. The van der Waals surface area contributed by atoms with Crippen molar-refractivity contribution in [2.45, 2.75) is 34.6 Å². The van der Waals surface area contributed by atoms with Gasteiger partial charge >= 0.3 is 0 Å². The smallest absolute Gasteiger partial charge is 0.231 e. The number of ether oxygens (including phenoxy) is 3. The fourth-order valence-corrected chi connectivity index (χ4v) is 3.86. The fraction of sp³-hybridized carbons (Fsp3) is 0.167. The first-order valence-corrected chi connectivity index (χ1v) is 12.8. The number of hydrogen-bond donors (Lipinski definition) is 0. The third-order valence-corrected chi connectivity index (χ3v) is 6.03. The van der Waals surface area contributed by atoms with Gasteiger partial charge in [0.25, 0.3) is 0 Å². The van der Waals surface area contributed by atoms with E-state index in [0.717, 1.165) is 29.4 Å². The predicted octanol–water partition coefficient (Wildman–Crippen LogP) is 9.73. The molecule has 39 heavy (non-hydrogen) atoms. The van der Waals surface area contributed by atoms with Crippen molar-refractivity contribution >= 4 is 0 Å². The molecule has 0 radical (unpaired) electrons. The van der Waals surface area contributed by atoms with Crippen LogP contribution in [0.3, 0.4) is 0 Å². The maximum Gasteiger partial charge on any atom is 0.231 e. The number of para-hydroxylation sites is 1. The molecule has 0 aromatic heterocycles. The van der Waals surface area contributed by atoms with Gasteiger partial charge in [-0.15, -0.1) is 0 Å². The van der Waals surface area contributed by atoms with Crippen molar-refractivity contribution in [1.29, 1.82) is 0 Å². The summed E-state index contributed by atoms with van der Waals surface area (Å²) in [5.41, 5.74) is 6.60. The van der Waals surface area contributed by atoms with Crippen LogP contribution in [0.25, 0.3) is 0 Å². The summed E-state index contributed by atoms with van der Waals surface area (Å²) in [6, 6.07) is 42.9. The van der Waals surface area contributed by atoms with E-state index in [1.54, 1.807) is 0 Å². The molecule has 0 fully saturated rings. The first kappa shape index (κ1) is 29.1. The Morgan fingerprint density at radius 3 is 1.82 bits per heavy atom. The average Bonchev–Trinajstić information content (AvgIpc) is 3.41. The predicted molar refractivity (Wildman–Crippen MR) is 162 cm³/mol. The van der Waals surface area contributed by atoms with E-state index in [1.165, 1.54) is 27.8 Å². The molecule has 0 N–H and O–H groups in total. The normalized spacial score (nSPS) is 10.6. The lowest BCUT2D eigenvalue weighted by Gasteiger charge is -2.04. The summed E-state index contributed by atoms with van der Waals surface area (Å²) in [6.07, 6.45) is 1.04. The second-order valence-corrected chi connectivity index (χ2v) is 9.17. The lowest BCUT2D eigenvalue weighted by molar-refractivity contribution is 0.174. The van der Waals surface area contributed by atoms with E-state index in [1.807, 2.05) is 79.7 Å². The minimum Gasteiger partial charge on any atom is -0.457 e. The first-order chi connectivity index (χ1) is 18.6. The molecule has 1 heterocycles. The molecule has 200 valence electrons. The van der Waals surface area contributed by atoms with E-state index >= 15 is 0 Å². The Hall–Kier alpha value is -4.50. The Morgan fingerprint density at radius 1 is 0.564 bits per heavy atom. The third-order valence-electron chi connectivity index (χ3n) is 6.03. The lowest BCUT2D eigenvalue weighted by Crippen LogP contribution is -1.92. The van der Waals surface area contributed by atoms with Crippen molar-refractivity contribution in [3.63, 3.8) is 0 Å². The Kier molecular flexibility index (Phi) is 11.2. The zero-order valence-corrected chi connectivity index (χ0v) is 22.3. The van der Waals surface area contributed by atoms with Crippen LogP contribution < -0.4 is 14.2 Å². The Morgan fingerprint density at radius 2 is 1.13 bits per heavy atom. The van der Waals surface area contributed by atoms with Gasteiger partial charge in [0.05, 0.1) is 0 Å². The first-order valence-electron chi connectivity index (χ1n) is 12.8. The van der Waals surface area contributed by atoms with Crippen molar-refractivity contribution in [2.75, 3.05) is 6.79 Å². The Labute approximate surface area is 233 Å². The molecule has 5 aromatic rings. The third kappa shape index (κ3) is 9.39. The summed E-state index contributed by atoms with van der Waals surface area (Å²) < 4.78 is 15.9. The number of aryl methyl sites for hydroxylation is 3. The molecule has 0 bridgehead atoms. The van der Waals surface area contributed by atoms with E-state index in [4.69, 9.17) is 14.2 Å². The highest BCUT2D eigenvalue weighted by Crippen LogP contribution is 2.32. The van der Waals surface area contributed by atoms with Gasteiger partial charge in [0.15, 0.2) is 11.5 Å². The maximum absolute atomic E-state index is 5.63. The molecule has 1 aliphatic rings. The van der Waals surface area contributed by atoms with Crippen LogP contribution in [0.15, 0.2) is 127 Å². The van der Waals surface area contributed by atoms with Crippen molar-refractivity contribution in [1.82, 2.24) is 0 Å². The molecule has 0 amide bonds. The Bertz CT molecular complexity index is 1390. The summed E-state index contributed by atoms with van der Waals surface area (Å²) in [5, 5.41) is 0. The van der Waals surface area contributed by atoms with Gasteiger partial charge in [-0.05, 0) is 85.8 Å².